The second-order valence-corrected chi connectivity index (χ2v) is 20.6. The van der Waals surface area contributed by atoms with E-state index in [-0.39, 0.29) is 48.5 Å². The number of anilines is 3. The number of rotatable bonds is 18. The lowest BCUT2D eigenvalue weighted by Crippen LogP contribution is -2.57. The zero-order chi connectivity index (χ0) is 53.0. The Kier molecular flexibility index (Phi) is 16.3. The van der Waals surface area contributed by atoms with Crippen LogP contribution in [0.2, 0.25) is 0 Å². The summed E-state index contributed by atoms with van der Waals surface area (Å²) in [6, 6.07) is 25.8. The fourth-order valence-corrected chi connectivity index (χ4v) is 9.77. The number of β-amino-alcohol motifs (C(OH)–C–C–N with tert-alkyl or cyclic N) is 1. The van der Waals surface area contributed by atoms with Crippen LogP contribution in [0.5, 0.6) is 0 Å². The molecule has 2 saturated heterocycles. The molecule has 3 amide bonds. The standard InChI is InChI=1S/C55H60F3N7O7S/c1-33(35-10-12-38(13-11-35)48-34(2)61-32-72-48)26-46(67)45-28-43(66)30-63(45)50(69)49(53(3,4)5)62-47(68)31-71-25-9-8-24-60-40-19-14-36(15-20-40)37-16-21-41(22-17-37)65-52(73)64(51(70)54(65,6)7)42-23-18-39(29-59)44(27-42)55(56,57)58/h10-23,27,32-33,43,45,49,60,66H,8-9,24-26,28,30-31H2,1-7H3,(H,62,68)/t33-,43-,45+,49-/m1/s1. The fraction of sp³-hybridized carbons (Fsp3) is 0.400. The Bertz CT molecular complexity index is 2870. The predicted molar refractivity (Wildman–Crippen MR) is 275 cm³/mol. The maximum Gasteiger partial charge on any atom is 0.417 e. The van der Waals surface area contributed by atoms with Gasteiger partial charge in [-0.05, 0) is 116 Å². The number of alkyl halides is 3. The number of hydrogen-bond acceptors (Lipinski definition) is 11. The van der Waals surface area contributed by atoms with E-state index in [1.807, 2.05) is 95.3 Å². The zero-order valence-electron chi connectivity index (χ0n) is 41.9. The highest BCUT2D eigenvalue weighted by Crippen LogP contribution is 2.40. The molecule has 4 aromatic carbocycles. The van der Waals surface area contributed by atoms with Gasteiger partial charge in [-0.2, -0.15) is 18.4 Å². The molecule has 0 unspecified atom stereocenters. The van der Waals surface area contributed by atoms with Crippen LogP contribution >= 0.6 is 12.2 Å². The van der Waals surface area contributed by atoms with Crippen molar-refractivity contribution in [3.8, 4) is 28.5 Å². The normalized spacial score (nSPS) is 17.6. The maximum absolute atomic E-state index is 14.1. The Balaban J connectivity index is 0.847. The van der Waals surface area contributed by atoms with Crippen LogP contribution in [0, 0.1) is 23.7 Å². The summed E-state index contributed by atoms with van der Waals surface area (Å²) in [7, 11) is 0. The third-order valence-electron chi connectivity index (χ3n) is 13.3. The number of Topliss-reactive ketones (excluding diaryl/α,β-unsaturated/α-hetero) is 1. The Morgan fingerprint density at radius 1 is 0.959 bits per heavy atom. The van der Waals surface area contributed by atoms with Crippen molar-refractivity contribution in [1.82, 2.24) is 15.2 Å². The molecule has 1 aromatic heterocycles. The molecule has 2 fully saturated rings. The number of unbranched alkanes of at least 4 members (excludes halogenated alkanes) is 1. The molecule has 0 aliphatic carbocycles. The Labute approximate surface area is 428 Å². The van der Waals surface area contributed by atoms with Gasteiger partial charge in [0.05, 0.1) is 40.7 Å². The van der Waals surface area contributed by atoms with Crippen molar-refractivity contribution in [1.29, 1.82) is 5.26 Å². The number of aromatic nitrogens is 1. The summed E-state index contributed by atoms with van der Waals surface area (Å²) in [6.07, 6.45) is -2.57. The lowest BCUT2D eigenvalue weighted by molar-refractivity contribution is -0.144. The van der Waals surface area contributed by atoms with E-state index in [9.17, 15) is 42.7 Å². The first-order valence-electron chi connectivity index (χ1n) is 24.1. The lowest BCUT2D eigenvalue weighted by Gasteiger charge is -2.35. The van der Waals surface area contributed by atoms with Crippen molar-refractivity contribution < 1.29 is 46.6 Å². The summed E-state index contributed by atoms with van der Waals surface area (Å²) < 4.78 is 52.5. The second kappa shape index (κ2) is 22.0. The van der Waals surface area contributed by atoms with Crippen LogP contribution in [0.15, 0.2) is 102 Å². The van der Waals surface area contributed by atoms with Crippen molar-refractivity contribution in [2.24, 2.45) is 5.41 Å². The number of aliphatic hydroxyl groups is 1. The van der Waals surface area contributed by atoms with E-state index in [1.54, 1.807) is 36.9 Å². The molecule has 3 N–H and O–H groups in total. The molecule has 4 atom stereocenters. The number of oxazole rings is 1. The smallest absolute Gasteiger partial charge is 0.417 e. The van der Waals surface area contributed by atoms with Gasteiger partial charge >= 0.3 is 6.18 Å². The molecule has 18 heteroatoms. The number of ketones is 1. The van der Waals surface area contributed by atoms with Gasteiger partial charge in [0.25, 0.3) is 5.91 Å². The lowest BCUT2D eigenvalue weighted by atomic mass is 9.85. The van der Waals surface area contributed by atoms with Gasteiger partial charge in [0.15, 0.2) is 23.0 Å². The molecule has 0 spiro atoms. The zero-order valence-corrected chi connectivity index (χ0v) is 42.7. The number of carbonyl (C=O) groups excluding carboxylic acids is 4. The number of carbonyl (C=O) groups is 4. The van der Waals surface area contributed by atoms with Crippen molar-refractivity contribution >= 4 is 57.9 Å². The highest BCUT2D eigenvalue weighted by Gasteiger charge is 2.51. The quantitative estimate of drug-likeness (QED) is 0.0560. The van der Waals surface area contributed by atoms with E-state index < -0.39 is 64.2 Å². The van der Waals surface area contributed by atoms with Gasteiger partial charge in [-0.1, -0.05) is 76.2 Å². The van der Waals surface area contributed by atoms with Gasteiger partial charge < -0.3 is 34.7 Å². The molecule has 0 bridgehead atoms. The Morgan fingerprint density at radius 2 is 1.59 bits per heavy atom. The number of aryl methyl sites for hydroxylation is 1. The van der Waals surface area contributed by atoms with Gasteiger partial charge in [-0.15, -0.1) is 0 Å². The number of aliphatic hydroxyl groups excluding tert-OH is 1. The minimum absolute atomic E-state index is 0.00682. The number of thiocarbonyl (C=S) groups is 1. The number of ether oxygens (including phenoxy) is 1. The van der Waals surface area contributed by atoms with Crippen LogP contribution in [0.4, 0.5) is 30.2 Å². The molecule has 384 valence electrons. The third kappa shape index (κ3) is 12.1. The monoisotopic (exact) mass is 1020 g/mol. The number of benzene rings is 4. The van der Waals surface area contributed by atoms with E-state index in [4.69, 9.17) is 21.4 Å². The number of nitriles is 1. The highest BCUT2D eigenvalue weighted by atomic mass is 32.1. The van der Waals surface area contributed by atoms with Crippen molar-refractivity contribution in [2.45, 2.75) is 110 Å². The summed E-state index contributed by atoms with van der Waals surface area (Å²) in [5, 5.41) is 26.1. The number of amides is 3. The highest BCUT2D eigenvalue weighted by molar-refractivity contribution is 7.81. The number of nitrogens with one attached hydrogen (secondary N) is 2. The average Bonchev–Trinajstić information content (AvgIpc) is 4.01. The van der Waals surface area contributed by atoms with E-state index in [1.165, 1.54) is 17.4 Å². The van der Waals surface area contributed by atoms with E-state index in [0.29, 0.717) is 31.0 Å². The van der Waals surface area contributed by atoms with Gasteiger partial charge in [0.1, 0.15) is 18.2 Å². The molecular weight excluding hydrogens is 960 g/mol. The first-order valence-corrected chi connectivity index (χ1v) is 24.5. The first kappa shape index (κ1) is 53.8. The van der Waals surface area contributed by atoms with Crippen LogP contribution < -0.4 is 20.4 Å². The SMILES string of the molecule is Cc1ncoc1-c1ccc([C@H](C)CC(=O)[C@@H]2C[C@@H](O)CN2C(=O)[C@@H](NC(=O)COCCCCNc2ccc(-c3ccc(N4C(=S)N(c5ccc(C#N)c(C(F)(F)F)c5)C(=O)C4(C)C)cc3)cc2)C(C)(C)C)cc1. The first-order chi connectivity index (χ1) is 34.5. The predicted octanol–water partition coefficient (Wildman–Crippen LogP) is 9.59. The van der Waals surface area contributed by atoms with E-state index in [2.05, 4.69) is 15.6 Å². The fourth-order valence-electron chi connectivity index (χ4n) is 9.25. The number of likely N-dealkylation sites (tertiary alicyclic amines) is 1. The Morgan fingerprint density at radius 3 is 2.19 bits per heavy atom. The third-order valence-corrected chi connectivity index (χ3v) is 13.7. The van der Waals surface area contributed by atoms with Crippen molar-refractivity contribution in [2.75, 3.05) is 41.4 Å². The minimum atomic E-state index is -4.80. The summed E-state index contributed by atoms with van der Waals surface area (Å²) in [5.74, 6) is -1.02. The number of nitrogens with zero attached hydrogens (tertiary/aromatic N) is 5. The molecule has 7 rings (SSSR count). The second-order valence-electron chi connectivity index (χ2n) is 20.2. The van der Waals surface area contributed by atoms with E-state index in [0.717, 1.165) is 57.1 Å². The molecule has 0 radical (unpaired) electrons. The molecule has 0 saturated carbocycles. The van der Waals surface area contributed by atoms with E-state index >= 15 is 0 Å². The maximum atomic E-state index is 14.1. The van der Waals surface area contributed by atoms with Crippen molar-refractivity contribution in [3.63, 3.8) is 0 Å². The van der Waals surface area contributed by atoms with Crippen molar-refractivity contribution in [3.05, 3.63) is 120 Å². The van der Waals surface area contributed by atoms with Crippen LogP contribution in [-0.2, 0) is 30.1 Å². The van der Waals surface area contributed by atoms with Crippen LogP contribution in [-0.4, -0.2) is 93.6 Å². The number of halogens is 3. The van der Waals surface area contributed by atoms with Crippen LogP contribution in [0.3, 0.4) is 0 Å². The largest absolute Gasteiger partial charge is 0.443 e. The summed E-state index contributed by atoms with van der Waals surface area (Å²) in [6.45, 7) is 13.3. The number of hydrogen-bond donors (Lipinski definition) is 3. The topological polar surface area (TPSA) is 181 Å². The summed E-state index contributed by atoms with van der Waals surface area (Å²) in [4.78, 5) is 62.9. The summed E-state index contributed by atoms with van der Waals surface area (Å²) >= 11 is 5.68. The molecular formula is C55H60F3N7O7S. The molecule has 2 aliphatic heterocycles. The van der Waals surface area contributed by atoms with Gasteiger partial charge in [-0.3, -0.25) is 24.1 Å². The van der Waals surface area contributed by atoms with Crippen LogP contribution in [0.25, 0.3) is 22.5 Å². The molecule has 3 heterocycles. The van der Waals surface area contributed by atoms with Gasteiger partial charge in [0.2, 0.25) is 11.8 Å². The molecule has 5 aromatic rings. The Hall–Kier alpha value is -6.94. The molecule has 73 heavy (non-hydrogen) atoms. The van der Waals surface area contributed by atoms with Crippen LogP contribution in [0.1, 0.15) is 95.5 Å². The average molecular weight is 1020 g/mol. The minimum Gasteiger partial charge on any atom is -0.443 e. The summed E-state index contributed by atoms with van der Waals surface area (Å²) in [5.41, 5.74) is 2.18. The molecule has 14 nitrogen and oxygen atoms in total. The molecule has 2 aliphatic rings. The van der Waals surface area contributed by atoms with Gasteiger partial charge in [-0.25, -0.2) is 4.98 Å². The van der Waals surface area contributed by atoms with Gasteiger partial charge in [0, 0.05) is 49.5 Å².